The third-order valence-corrected chi connectivity index (χ3v) is 4.84. The molecule has 1 aliphatic rings. The number of carbonyl (C=O) groups excluding carboxylic acids is 2. The summed E-state index contributed by atoms with van der Waals surface area (Å²) in [6.07, 6.45) is 0. The minimum absolute atomic E-state index is 0.289. The Morgan fingerprint density at radius 2 is 1.81 bits per heavy atom. The van der Waals surface area contributed by atoms with Gasteiger partial charge in [0.25, 0.3) is 5.91 Å². The van der Waals surface area contributed by atoms with Crippen molar-refractivity contribution in [2.24, 2.45) is 0 Å². The van der Waals surface area contributed by atoms with Crippen LogP contribution in [-0.4, -0.2) is 11.9 Å². The van der Waals surface area contributed by atoms with Crippen LogP contribution in [0.3, 0.4) is 0 Å². The number of hydrogen-bond donors (Lipinski definition) is 3. The molecule has 2 aromatic carbocycles. The fourth-order valence-electron chi connectivity index (χ4n) is 2.95. The smallest absolute Gasteiger partial charge is 0.319 e. The van der Waals surface area contributed by atoms with Gasteiger partial charge in [0.1, 0.15) is 0 Å². The molecule has 3 amide bonds. The van der Waals surface area contributed by atoms with Crippen molar-refractivity contribution in [1.29, 1.82) is 0 Å². The monoisotopic (exact) mass is 369 g/mol. The predicted molar refractivity (Wildman–Crippen MR) is 103 cm³/mol. The van der Waals surface area contributed by atoms with Crippen LogP contribution in [0.2, 0.25) is 5.02 Å². The first kappa shape index (κ1) is 18.0. The van der Waals surface area contributed by atoms with Crippen molar-refractivity contribution in [3.63, 3.8) is 0 Å². The minimum atomic E-state index is -0.621. The van der Waals surface area contributed by atoms with Crippen molar-refractivity contribution < 1.29 is 9.59 Å². The molecule has 0 fully saturated rings. The van der Waals surface area contributed by atoms with Gasteiger partial charge < -0.3 is 16.0 Å². The Hall–Kier alpha value is -2.79. The van der Waals surface area contributed by atoms with Gasteiger partial charge in [0, 0.05) is 16.4 Å². The maximum atomic E-state index is 13.0. The van der Waals surface area contributed by atoms with Crippen LogP contribution in [0, 0.1) is 13.8 Å². The lowest BCUT2D eigenvalue weighted by atomic mass is 9.94. The maximum Gasteiger partial charge on any atom is 0.319 e. The lowest BCUT2D eigenvalue weighted by Gasteiger charge is -2.29. The van der Waals surface area contributed by atoms with Crippen molar-refractivity contribution in [2.75, 3.05) is 5.32 Å². The van der Waals surface area contributed by atoms with E-state index < -0.39 is 6.04 Å². The highest BCUT2D eigenvalue weighted by Gasteiger charge is 2.32. The van der Waals surface area contributed by atoms with E-state index in [9.17, 15) is 9.59 Å². The second kappa shape index (κ2) is 7.22. The van der Waals surface area contributed by atoms with Crippen LogP contribution >= 0.6 is 11.6 Å². The van der Waals surface area contributed by atoms with E-state index in [2.05, 4.69) is 16.0 Å². The lowest BCUT2D eigenvalue weighted by molar-refractivity contribution is -0.113. The molecule has 3 N–H and O–H groups in total. The van der Waals surface area contributed by atoms with Gasteiger partial charge in [0.05, 0.1) is 11.6 Å². The van der Waals surface area contributed by atoms with Crippen LogP contribution in [0.5, 0.6) is 0 Å². The van der Waals surface area contributed by atoms with Gasteiger partial charge in [0.15, 0.2) is 0 Å². The predicted octanol–water partition coefficient (Wildman–Crippen LogP) is 4.22. The van der Waals surface area contributed by atoms with Gasteiger partial charge in [-0.1, -0.05) is 35.9 Å². The zero-order valence-corrected chi connectivity index (χ0v) is 15.6. The number of amides is 3. The summed E-state index contributed by atoms with van der Waals surface area (Å²) in [4.78, 5) is 24.9. The van der Waals surface area contributed by atoms with Crippen molar-refractivity contribution in [3.05, 3.63) is 75.4 Å². The molecule has 1 atom stereocenters. The molecule has 134 valence electrons. The number of aryl methyl sites for hydroxylation is 2. The van der Waals surface area contributed by atoms with Crippen LogP contribution < -0.4 is 16.0 Å². The van der Waals surface area contributed by atoms with E-state index in [1.54, 1.807) is 25.1 Å². The molecule has 2 aromatic rings. The van der Waals surface area contributed by atoms with Crippen LogP contribution in [0.25, 0.3) is 0 Å². The molecular formula is C20H20ClN3O2. The first-order chi connectivity index (χ1) is 12.4. The molecule has 0 aliphatic carbocycles. The molecule has 0 bridgehead atoms. The molecule has 0 unspecified atom stereocenters. The topological polar surface area (TPSA) is 70.2 Å². The second-order valence-electron chi connectivity index (χ2n) is 6.34. The SMILES string of the molecule is CC1=C(C(=O)Nc2ccc(C)c(C)c2)[C@H](c2ccccc2Cl)NC(=O)N1. The van der Waals surface area contributed by atoms with E-state index in [0.29, 0.717) is 27.5 Å². The van der Waals surface area contributed by atoms with Crippen molar-refractivity contribution >= 4 is 29.2 Å². The Bertz CT molecular complexity index is 921. The molecule has 0 saturated heterocycles. The minimum Gasteiger partial charge on any atom is -0.327 e. The van der Waals surface area contributed by atoms with Gasteiger partial charge in [-0.25, -0.2) is 4.79 Å². The standard InChI is InChI=1S/C20H20ClN3O2/c1-11-8-9-14(10-12(11)2)23-19(25)17-13(3)22-20(26)24-18(17)15-6-4-5-7-16(15)21/h4-10,18H,1-3H3,(H,23,25)(H2,22,24,26)/t18-/m0/s1. The zero-order chi connectivity index (χ0) is 18.8. The van der Waals surface area contributed by atoms with E-state index >= 15 is 0 Å². The lowest BCUT2D eigenvalue weighted by Crippen LogP contribution is -2.46. The molecule has 1 aliphatic heterocycles. The van der Waals surface area contributed by atoms with Crippen molar-refractivity contribution in [2.45, 2.75) is 26.8 Å². The first-order valence-corrected chi connectivity index (χ1v) is 8.66. The quantitative estimate of drug-likeness (QED) is 0.757. The third-order valence-electron chi connectivity index (χ3n) is 4.49. The van der Waals surface area contributed by atoms with E-state index in [4.69, 9.17) is 11.6 Å². The van der Waals surface area contributed by atoms with Crippen LogP contribution in [0.1, 0.15) is 29.7 Å². The highest BCUT2D eigenvalue weighted by Crippen LogP contribution is 2.32. The first-order valence-electron chi connectivity index (χ1n) is 8.28. The van der Waals surface area contributed by atoms with E-state index in [1.165, 1.54) is 0 Å². The number of carbonyl (C=O) groups is 2. The van der Waals surface area contributed by atoms with Crippen LogP contribution in [0.4, 0.5) is 10.5 Å². The molecule has 26 heavy (non-hydrogen) atoms. The van der Waals surface area contributed by atoms with Crippen LogP contribution in [-0.2, 0) is 4.79 Å². The molecular weight excluding hydrogens is 350 g/mol. The number of rotatable bonds is 3. The maximum absolute atomic E-state index is 13.0. The Morgan fingerprint density at radius 1 is 1.08 bits per heavy atom. The Morgan fingerprint density at radius 3 is 2.50 bits per heavy atom. The van der Waals surface area contributed by atoms with Gasteiger partial charge in [-0.05, 0) is 55.7 Å². The summed E-state index contributed by atoms with van der Waals surface area (Å²) in [5, 5.41) is 8.85. The molecule has 3 rings (SSSR count). The highest BCUT2D eigenvalue weighted by molar-refractivity contribution is 6.31. The van der Waals surface area contributed by atoms with Crippen LogP contribution in [0.15, 0.2) is 53.7 Å². The Kier molecular flexibility index (Phi) is 5.00. The number of nitrogens with one attached hydrogen (secondary N) is 3. The van der Waals surface area contributed by atoms with Gasteiger partial charge in [-0.2, -0.15) is 0 Å². The molecule has 1 heterocycles. The van der Waals surface area contributed by atoms with Gasteiger partial charge in [0.2, 0.25) is 0 Å². The summed E-state index contributed by atoms with van der Waals surface area (Å²) in [6.45, 7) is 5.71. The summed E-state index contributed by atoms with van der Waals surface area (Å²) in [7, 11) is 0. The molecule has 0 spiro atoms. The normalized spacial score (nSPS) is 16.8. The molecule has 0 aromatic heterocycles. The summed E-state index contributed by atoms with van der Waals surface area (Å²) in [5.74, 6) is -0.289. The molecule has 0 saturated carbocycles. The summed E-state index contributed by atoms with van der Waals surface area (Å²) < 4.78 is 0. The number of urea groups is 1. The number of allylic oxidation sites excluding steroid dienone is 1. The Labute approximate surface area is 157 Å². The summed E-state index contributed by atoms with van der Waals surface area (Å²) in [6, 6.07) is 11.9. The van der Waals surface area contributed by atoms with Crippen molar-refractivity contribution in [3.8, 4) is 0 Å². The van der Waals surface area contributed by atoms with Gasteiger partial charge in [-0.3, -0.25) is 4.79 Å². The fourth-order valence-corrected chi connectivity index (χ4v) is 3.20. The van der Waals surface area contributed by atoms with E-state index in [1.807, 2.05) is 38.1 Å². The van der Waals surface area contributed by atoms with E-state index in [-0.39, 0.29) is 11.9 Å². The number of hydrogen-bond acceptors (Lipinski definition) is 2. The number of anilines is 1. The van der Waals surface area contributed by atoms with Crippen molar-refractivity contribution in [1.82, 2.24) is 10.6 Å². The highest BCUT2D eigenvalue weighted by atomic mass is 35.5. The average Bonchev–Trinajstić information content (AvgIpc) is 2.57. The number of halogens is 1. The zero-order valence-electron chi connectivity index (χ0n) is 14.8. The average molecular weight is 370 g/mol. The number of benzene rings is 2. The third kappa shape index (κ3) is 3.58. The summed E-state index contributed by atoms with van der Waals surface area (Å²) >= 11 is 6.30. The molecule has 6 heteroatoms. The second-order valence-corrected chi connectivity index (χ2v) is 6.75. The summed E-state index contributed by atoms with van der Waals surface area (Å²) in [5.41, 5.74) is 4.54. The van der Waals surface area contributed by atoms with Gasteiger partial charge in [-0.15, -0.1) is 0 Å². The molecule has 5 nitrogen and oxygen atoms in total. The Balaban J connectivity index is 1.97. The van der Waals surface area contributed by atoms with Gasteiger partial charge >= 0.3 is 6.03 Å². The molecule has 0 radical (unpaired) electrons. The largest absolute Gasteiger partial charge is 0.327 e. The van der Waals surface area contributed by atoms with E-state index in [0.717, 1.165) is 11.1 Å². The fraction of sp³-hybridized carbons (Fsp3) is 0.200.